The summed E-state index contributed by atoms with van der Waals surface area (Å²) in [7, 11) is 2.84. The minimum absolute atomic E-state index is 0.000915. The van der Waals surface area contributed by atoms with Gasteiger partial charge in [0.25, 0.3) is 0 Å². The lowest BCUT2D eigenvalue weighted by Crippen LogP contribution is -2.16. The van der Waals surface area contributed by atoms with Crippen LogP contribution in [0.1, 0.15) is 35.3 Å². The van der Waals surface area contributed by atoms with E-state index in [4.69, 9.17) is 9.47 Å². The molecule has 6 nitrogen and oxygen atoms in total. The molecule has 0 unspecified atom stereocenters. The highest BCUT2D eigenvalue weighted by atomic mass is 16.5. The molecule has 2 aromatic carbocycles. The summed E-state index contributed by atoms with van der Waals surface area (Å²) in [5.41, 5.74) is 2.37. The van der Waals surface area contributed by atoms with Gasteiger partial charge in [-0.25, -0.2) is 4.79 Å². The van der Waals surface area contributed by atoms with Crippen molar-refractivity contribution in [3.05, 3.63) is 53.1 Å². The molecule has 0 fully saturated rings. The third kappa shape index (κ3) is 5.48. The van der Waals surface area contributed by atoms with Gasteiger partial charge in [0.15, 0.2) is 11.5 Å². The average Bonchev–Trinajstić information content (AvgIpc) is 2.62. The Bertz CT molecular complexity index is 812. The zero-order valence-electron chi connectivity index (χ0n) is 16.0. The lowest BCUT2D eigenvalue weighted by molar-refractivity contribution is -0.115. The van der Waals surface area contributed by atoms with E-state index in [9.17, 15) is 14.7 Å². The van der Waals surface area contributed by atoms with Crippen LogP contribution in [0.2, 0.25) is 0 Å². The van der Waals surface area contributed by atoms with E-state index in [1.54, 1.807) is 0 Å². The number of hydrogen-bond acceptors (Lipinski definition) is 4. The Balaban J connectivity index is 2.17. The quantitative estimate of drug-likeness (QED) is 0.738. The molecule has 0 heterocycles. The first-order chi connectivity index (χ1) is 12.8. The molecule has 0 aliphatic rings. The molecule has 0 spiro atoms. The summed E-state index contributed by atoms with van der Waals surface area (Å²) in [6.45, 7) is 4.32. The number of nitrogens with one attached hydrogen (secondary N) is 1. The van der Waals surface area contributed by atoms with Gasteiger partial charge in [0.05, 0.1) is 31.9 Å². The fourth-order valence-electron chi connectivity index (χ4n) is 2.83. The number of amides is 1. The van der Waals surface area contributed by atoms with Crippen LogP contribution in [0.25, 0.3) is 0 Å². The molecule has 27 heavy (non-hydrogen) atoms. The molecule has 0 bridgehead atoms. The van der Waals surface area contributed by atoms with Crippen LogP contribution < -0.4 is 14.8 Å². The van der Waals surface area contributed by atoms with E-state index in [0.29, 0.717) is 5.92 Å². The predicted molar refractivity (Wildman–Crippen MR) is 104 cm³/mol. The number of rotatable bonds is 8. The molecule has 0 saturated carbocycles. The zero-order valence-corrected chi connectivity index (χ0v) is 16.0. The van der Waals surface area contributed by atoms with E-state index in [0.717, 1.165) is 12.0 Å². The summed E-state index contributed by atoms with van der Waals surface area (Å²) >= 11 is 0. The summed E-state index contributed by atoms with van der Waals surface area (Å²) in [6.07, 6.45) is 1.16. The number of aromatic carboxylic acids is 1. The van der Waals surface area contributed by atoms with E-state index in [2.05, 4.69) is 19.2 Å². The topological polar surface area (TPSA) is 84.9 Å². The molecule has 1 amide bonds. The minimum Gasteiger partial charge on any atom is -0.493 e. The Morgan fingerprint density at radius 1 is 1.04 bits per heavy atom. The molecule has 2 rings (SSSR count). The maximum atomic E-state index is 12.4. The Hall–Kier alpha value is -3.02. The monoisotopic (exact) mass is 371 g/mol. The van der Waals surface area contributed by atoms with E-state index in [1.165, 1.54) is 31.9 Å². The highest BCUT2D eigenvalue weighted by molar-refractivity contribution is 5.97. The molecule has 2 aromatic rings. The van der Waals surface area contributed by atoms with Crippen molar-refractivity contribution in [3.63, 3.8) is 0 Å². The molecule has 0 aliphatic carbocycles. The third-order valence-electron chi connectivity index (χ3n) is 4.03. The van der Waals surface area contributed by atoms with Gasteiger partial charge in [0.2, 0.25) is 5.91 Å². The van der Waals surface area contributed by atoms with Crippen molar-refractivity contribution in [2.45, 2.75) is 26.7 Å². The van der Waals surface area contributed by atoms with E-state index in [-0.39, 0.29) is 35.1 Å². The lowest BCUT2D eigenvalue weighted by Gasteiger charge is -2.15. The van der Waals surface area contributed by atoms with Crippen LogP contribution in [0, 0.1) is 5.92 Å². The van der Waals surface area contributed by atoms with Gasteiger partial charge < -0.3 is 19.9 Å². The van der Waals surface area contributed by atoms with Crippen molar-refractivity contribution >= 4 is 17.6 Å². The van der Waals surface area contributed by atoms with E-state index >= 15 is 0 Å². The first-order valence-corrected chi connectivity index (χ1v) is 8.71. The van der Waals surface area contributed by atoms with Crippen molar-refractivity contribution in [1.82, 2.24) is 0 Å². The summed E-state index contributed by atoms with van der Waals surface area (Å²) in [6, 6.07) is 10.6. The Morgan fingerprint density at radius 3 is 2.19 bits per heavy atom. The summed E-state index contributed by atoms with van der Waals surface area (Å²) in [5, 5.41) is 12.0. The van der Waals surface area contributed by atoms with Crippen LogP contribution in [0.15, 0.2) is 36.4 Å². The second-order valence-electron chi connectivity index (χ2n) is 6.70. The molecular formula is C21H25NO5. The highest BCUT2D eigenvalue weighted by Gasteiger charge is 2.17. The van der Waals surface area contributed by atoms with Gasteiger partial charge >= 0.3 is 5.97 Å². The number of carboxylic acids is 1. The van der Waals surface area contributed by atoms with Gasteiger partial charge in [-0.2, -0.15) is 0 Å². The van der Waals surface area contributed by atoms with Crippen LogP contribution in [-0.4, -0.2) is 31.2 Å². The summed E-state index contributed by atoms with van der Waals surface area (Å²) in [5.74, 6) is -0.293. The molecule has 0 aromatic heterocycles. The smallest absolute Gasteiger partial charge is 0.335 e. The van der Waals surface area contributed by atoms with Crippen molar-refractivity contribution in [3.8, 4) is 11.5 Å². The number of ether oxygens (including phenoxy) is 2. The van der Waals surface area contributed by atoms with Gasteiger partial charge in [-0.15, -0.1) is 0 Å². The van der Waals surface area contributed by atoms with Crippen molar-refractivity contribution in [2.24, 2.45) is 5.92 Å². The lowest BCUT2D eigenvalue weighted by atomic mass is 10.0. The van der Waals surface area contributed by atoms with Crippen molar-refractivity contribution in [1.29, 1.82) is 0 Å². The third-order valence-corrected chi connectivity index (χ3v) is 4.03. The normalized spacial score (nSPS) is 10.6. The number of methoxy groups -OCH3 is 2. The molecule has 0 atom stereocenters. The molecule has 0 radical (unpaired) electrons. The first-order valence-electron chi connectivity index (χ1n) is 8.71. The highest BCUT2D eigenvalue weighted by Crippen LogP contribution is 2.36. The standard InChI is InChI=1S/C21H25NO5/c1-13(2)9-14-5-7-15(8-6-14)10-19(23)22-17-11-16(21(24)25)12-18(26-3)20(17)27-4/h5-8,11-13H,9-10H2,1-4H3,(H,22,23)(H,24,25). The summed E-state index contributed by atoms with van der Waals surface area (Å²) in [4.78, 5) is 23.7. The Kier molecular flexibility index (Phi) is 6.82. The van der Waals surface area contributed by atoms with Crippen molar-refractivity contribution in [2.75, 3.05) is 19.5 Å². The summed E-state index contributed by atoms with van der Waals surface area (Å²) < 4.78 is 10.4. The second-order valence-corrected chi connectivity index (χ2v) is 6.70. The second kappa shape index (κ2) is 9.07. The molecule has 2 N–H and O–H groups in total. The van der Waals surface area contributed by atoms with Gasteiger partial charge in [0.1, 0.15) is 0 Å². The fourth-order valence-corrected chi connectivity index (χ4v) is 2.83. The molecule has 0 aliphatic heterocycles. The number of benzene rings is 2. The van der Waals surface area contributed by atoms with Crippen molar-refractivity contribution < 1.29 is 24.2 Å². The Labute approximate surface area is 159 Å². The zero-order chi connectivity index (χ0) is 20.0. The van der Waals surface area contributed by atoms with Crippen LogP contribution >= 0.6 is 0 Å². The average molecular weight is 371 g/mol. The maximum absolute atomic E-state index is 12.4. The minimum atomic E-state index is -1.12. The molecule has 0 saturated heterocycles. The van der Waals surface area contributed by atoms with Crippen LogP contribution in [-0.2, 0) is 17.6 Å². The number of hydrogen-bond donors (Lipinski definition) is 2. The van der Waals surface area contributed by atoms with E-state index < -0.39 is 5.97 Å². The SMILES string of the molecule is COc1cc(C(=O)O)cc(NC(=O)Cc2ccc(CC(C)C)cc2)c1OC. The van der Waals surface area contributed by atoms with Gasteiger partial charge in [-0.1, -0.05) is 38.1 Å². The van der Waals surface area contributed by atoms with E-state index in [1.807, 2.05) is 24.3 Å². The molecule has 144 valence electrons. The predicted octanol–water partition coefficient (Wildman–Crippen LogP) is 3.78. The van der Waals surface area contributed by atoms with Crippen LogP contribution in [0.4, 0.5) is 5.69 Å². The largest absolute Gasteiger partial charge is 0.493 e. The van der Waals surface area contributed by atoms with Crippen LogP contribution in [0.3, 0.4) is 0 Å². The van der Waals surface area contributed by atoms with Gasteiger partial charge in [0, 0.05) is 0 Å². The number of carboxylic acid groups (broad SMARTS) is 1. The Morgan fingerprint density at radius 2 is 1.67 bits per heavy atom. The number of anilines is 1. The van der Waals surface area contributed by atoms with Gasteiger partial charge in [-0.3, -0.25) is 4.79 Å². The fraction of sp³-hybridized carbons (Fsp3) is 0.333. The van der Waals surface area contributed by atoms with Gasteiger partial charge in [-0.05, 0) is 35.6 Å². The maximum Gasteiger partial charge on any atom is 0.335 e. The first kappa shape index (κ1) is 20.3. The van der Waals surface area contributed by atoms with Crippen LogP contribution in [0.5, 0.6) is 11.5 Å². The molecule has 6 heteroatoms. The number of carbonyl (C=O) groups is 2. The molecular weight excluding hydrogens is 346 g/mol. The number of carbonyl (C=O) groups excluding carboxylic acids is 1.